The van der Waals surface area contributed by atoms with Crippen LogP contribution < -0.4 is 4.74 Å². The molecule has 0 bridgehead atoms. The minimum absolute atomic E-state index is 0.406. The largest absolute Gasteiger partial charge is 0.496 e. The molecule has 1 aliphatic rings. The number of esters is 1. The number of ether oxygens (including phenoxy) is 3. The first-order valence-electron chi connectivity index (χ1n) is 5.20. The second-order valence-corrected chi connectivity index (χ2v) is 3.78. The monoisotopic (exact) mass is 238 g/mol. The molecule has 0 saturated carbocycles. The van der Waals surface area contributed by atoms with Gasteiger partial charge in [-0.05, 0) is 23.3 Å². The van der Waals surface area contributed by atoms with Gasteiger partial charge in [0, 0.05) is 5.56 Å². The Kier molecular flexibility index (Phi) is 3.31. The second-order valence-electron chi connectivity index (χ2n) is 3.78. The lowest BCUT2D eigenvalue weighted by Gasteiger charge is -2.14. The SMILES string of the molecule is COC(=O)C(O)c1cc2c(cc1OC)COC2. The van der Waals surface area contributed by atoms with Crippen molar-refractivity contribution >= 4 is 5.97 Å². The summed E-state index contributed by atoms with van der Waals surface area (Å²) in [5.74, 6) is -0.241. The quantitative estimate of drug-likeness (QED) is 0.794. The molecule has 1 aliphatic heterocycles. The van der Waals surface area contributed by atoms with Gasteiger partial charge in [0.15, 0.2) is 6.10 Å². The van der Waals surface area contributed by atoms with E-state index >= 15 is 0 Å². The molecule has 92 valence electrons. The summed E-state index contributed by atoms with van der Waals surface area (Å²) in [7, 11) is 2.72. The fourth-order valence-corrected chi connectivity index (χ4v) is 1.85. The number of hydrogen-bond acceptors (Lipinski definition) is 5. The Hall–Kier alpha value is -1.59. The van der Waals surface area contributed by atoms with Crippen molar-refractivity contribution in [1.82, 2.24) is 0 Å². The fourth-order valence-electron chi connectivity index (χ4n) is 1.85. The molecule has 1 N–H and O–H groups in total. The van der Waals surface area contributed by atoms with Crippen molar-refractivity contribution in [3.63, 3.8) is 0 Å². The Morgan fingerprint density at radius 2 is 2.00 bits per heavy atom. The molecule has 17 heavy (non-hydrogen) atoms. The van der Waals surface area contributed by atoms with Crippen LogP contribution in [0.15, 0.2) is 12.1 Å². The van der Waals surface area contributed by atoms with E-state index in [1.807, 2.05) is 0 Å². The topological polar surface area (TPSA) is 65.0 Å². The first-order chi connectivity index (χ1) is 8.17. The zero-order valence-corrected chi connectivity index (χ0v) is 9.73. The van der Waals surface area contributed by atoms with Gasteiger partial charge in [-0.15, -0.1) is 0 Å². The lowest BCUT2D eigenvalue weighted by atomic mass is 10.0. The van der Waals surface area contributed by atoms with E-state index in [-0.39, 0.29) is 0 Å². The third kappa shape index (κ3) is 2.11. The van der Waals surface area contributed by atoms with Crippen LogP contribution in [-0.2, 0) is 27.5 Å². The Balaban J connectivity index is 2.42. The van der Waals surface area contributed by atoms with Crippen molar-refractivity contribution in [2.45, 2.75) is 19.3 Å². The number of fused-ring (bicyclic) bond motifs is 1. The Morgan fingerprint density at radius 3 is 2.59 bits per heavy atom. The minimum atomic E-state index is -1.33. The highest BCUT2D eigenvalue weighted by Gasteiger charge is 2.25. The number of carbonyl (C=O) groups is 1. The maximum Gasteiger partial charge on any atom is 0.339 e. The normalized spacial score (nSPS) is 15.2. The van der Waals surface area contributed by atoms with E-state index in [1.165, 1.54) is 14.2 Å². The molecule has 0 radical (unpaired) electrons. The third-order valence-electron chi connectivity index (χ3n) is 2.79. The van der Waals surface area contributed by atoms with Crippen LogP contribution in [0.3, 0.4) is 0 Å². The zero-order valence-electron chi connectivity index (χ0n) is 9.73. The number of benzene rings is 1. The number of methoxy groups -OCH3 is 2. The number of carbonyl (C=O) groups excluding carboxylic acids is 1. The average Bonchev–Trinajstić information content (AvgIpc) is 2.82. The molecule has 0 aromatic heterocycles. The maximum atomic E-state index is 11.3. The molecular formula is C12H14O5. The van der Waals surface area contributed by atoms with Crippen LogP contribution in [0, 0.1) is 0 Å². The Morgan fingerprint density at radius 1 is 1.35 bits per heavy atom. The lowest BCUT2D eigenvalue weighted by molar-refractivity contribution is -0.150. The molecular weight excluding hydrogens is 224 g/mol. The molecule has 0 fully saturated rings. The van der Waals surface area contributed by atoms with Crippen LogP contribution in [0.25, 0.3) is 0 Å². The summed E-state index contributed by atoms with van der Waals surface area (Å²) in [6, 6.07) is 3.51. The van der Waals surface area contributed by atoms with Crippen molar-refractivity contribution in [3.05, 3.63) is 28.8 Å². The maximum absolute atomic E-state index is 11.3. The van der Waals surface area contributed by atoms with Crippen LogP contribution in [0.4, 0.5) is 0 Å². The van der Waals surface area contributed by atoms with Gasteiger partial charge < -0.3 is 19.3 Å². The van der Waals surface area contributed by atoms with Crippen molar-refractivity contribution in [2.24, 2.45) is 0 Å². The first kappa shape index (κ1) is 11.9. The van der Waals surface area contributed by atoms with Gasteiger partial charge in [-0.3, -0.25) is 0 Å². The van der Waals surface area contributed by atoms with Crippen molar-refractivity contribution in [3.8, 4) is 5.75 Å². The molecule has 0 saturated heterocycles. The van der Waals surface area contributed by atoms with Gasteiger partial charge >= 0.3 is 5.97 Å². The number of aliphatic hydroxyl groups excluding tert-OH is 1. The lowest BCUT2D eigenvalue weighted by Crippen LogP contribution is -2.14. The molecule has 1 heterocycles. The average molecular weight is 238 g/mol. The molecule has 1 atom stereocenters. The van der Waals surface area contributed by atoms with Gasteiger partial charge in [0.1, 0.15) is 5.75 Å². The molecule has 5 nitrogen and oxygen atoms in total. The van der Waals surface area contributed by atoms with Crippen molar-refractivity contribution < 1.29 is 24.1 Å². The second kappa shape index (κ2) is 4.73. The van der Waals surface area contributed by atoms with Crippen LogP contribution in [-0.4, -0.2) is 25.3 Å². The summed E-state index contributed by atoms with van der Waals surface area (Å²) in [5.41, 5.74) is 2.38. The van der Waals surface area contributed by atoms with E-state index in [0.29, 0.717) is 24.5 Å². The smallest absolute Gasteiger partial charge is 0.339 e. The van der Waals surface area contributed by atoms with Crippen molar-refractivity contribution in [1.29, 1.82) is 0 Å². The van der Waals surface area contributed by atoms with E-state index in [0.717, 1.165) is 11.1 Å². The highest BCUT2D eigenvalue weighted by atomic mass is 16.5. The van der Waals surface area contributed by atoms with Gasteiger partial charge in [0.2, 0.25) is 0 Å². The molecule has 2 rings (SSSR count). The highest BCUT2D eigenvalue weighted by molar-refractivity contribution is 5.77. The standard InChI is InChI=1S/C12H14O5/c1-15-10-4-8-6-17-5-7(8)3-9(10)11(13)12(14)16-2/h3-4,11,13H,5-6H2,1-2H3. The summed E-state index contributed by atoms with van der Waals surface area (Å²) >= 11 is 0. The van der Waals surface area contributed by atoms with Crippen LogP contribution in [0.1, 0.15) is 22.8 Å². The molecule has 0 aliphatic carbocycles. The molecule has 1 unspecified atom stereocenters. The number of rotatable bonds is 3. The van der Waals surface area contributed by atoms with E-state index in [4.69, 9.17) is 9.47 Å². The number of hydrogen-bond donors (Lipinski definition) is 1. The summed E-state index contributed by atoms with van der Waals surface area (Å²) in [4.78, 5) is 11.3. The van der Waals surface area contributed by atoms with Crippen LogP contribution in [0.5, 0.6) is 5.75 Å². The predicted octanol–water partition coefficient (Wildman–Crippen LogP) is 0.932. The predicted molar refractivity (Wildman–Crippen MR) is 58.5 cm³/mol. The van der Waals surface area contributed by atoms with Crippen LogP contribution >= 0.6 is 0 Å². The highest BCUT2D eigenvalue weighted by Crippen LogP contribution is 2.32. The summed E-state index contributed by atoms with van der Waals surface area (Å²) < 4.78 is 15.0. The Bertz CT molecular complexity index is 441. The summed E-state index contributed by atoms with van der Waals surface area (Å²) in [6.07, 6.45) is -1.33. The fraction of sp³-hybridized carbons (Fsp3) is 0.417. The zero-order chi connectivity index (χ0) is 12.4. The molecule has 0 spiro atoms. The van der Waals surface area contributed by atoms with Crippen LogP contribution in [0.2, 0.25) is 0 Å². The molecule has 5 heteroatoms. The number of aliphatic hydroxyl groups is 1. The molecule has 1 aromatic carbocycles. The van der Waals surface area contributed by atoms with E-state index in [2.05, 4.69) is 4.74 Å². The van der Waals surface area contributed by atoms with E-state index in [9.17, 15) is 9.90 Å². The third-order valence-corrected chi connectivity index (χ3v) is 2.79. The van der Waals surface area contributed by atoms with E-state index in [1.54, 1.807) is 12.1 Å². The van der Waals surface area contributed by atoms with Gasteiger partial charge in [-0.1, -0.05) is 0 Å². The van der Waals surface area contributed by atoms with Gasteiger partial charge in [-0.25, -0.2) is 4.79 Å². The first-order valence-corrected chi connectivity index (χ1v) is 5.20. The molecule has 1 aromatic rings. The van der Waals surface area contributed by atoms with Crippen molar-refractivity contribution in [2.75, 3.05) is 14.2 Å². The van der Waals surface area contributed by atoms with E-state index < -0.39 is 12.1 Å². The molecule has 0 amide bonds. The minimum Gasteiger partial charge on any atom is -0.496 e. The van der Waals surface area contributed by atoms with Gasteiger partial charge in [-0.2, -0.15) is 0 Å². The van der Waals surface area contributed by atoms with Gasteiger partial charge in [0.05, 0.1) is 27.4 Å². The Labute approximate surface area is 98.9 Å². The summed E-state index contributed by atoms with van der Waals surface area (Å²) in [5, 5.41) is 9.84. The van der Waals surface area contributed by atoms with Gasteiger partial charge in [0.25, 0.3) is 0 Å². The summed E-state index contributed by atoms with van der Waals surface area (Å²) in [6.45, 7) is 1.01.